The molecule has 2 rings (SSSR count). The number of amides is 1. The average molecular weight is 289 g/mol. The summed E-state index contributed by atoms with van der Waals surface area (Å²) in [5.41, 5.74) is 2.84. The molecule has 1 N–H and O–H groups in total. The van der Waals surface area contributed by atoms with Crippen LogP contribution in [0.15, 0.2) is 36.4 Å². The third-order valence-corrected chi connectivity index (χ3v) is 3.44. The van der Waals surface area contributed by atoms with Gasteiger partial charge in [-0.1, -0.05) is 29.8 Å². The maximum absolute atomic E-state index is 13.6. The Balaban J connectivity index is 2.21. The van der Waals surface area contributed by atoms with Crippen molar-refractivity contribution in [2.45, 2.75) is 26.8 Å². The van der Waals surface area contributed by atoms with E-state index < -0.39 is 17.5 Å². The van der Waals surface area contributed by atoms with Crippen molar-refractivity contribution in [3.63, 3.8) is 0 Å². The Morgan fingerprint density at radius 3 is 2.52 bits per heavy atom. The number of hydrogen-bond donors (Lipinski definition) is 1. The second-order valence-electron chi connectivity index (χ2n) is 5.16. The van der Waals surface area contributed by atoms with E-state index in [4.69, 9.17) is 0 Å². The summed E-state index contributed by atoms with van der Waals surface area (Å²) in [4.78, 5) is 12.1. The highest BCUT2D eigenvalue weighted by Crippen LogP contribution is 2.20. The van der Waals surface area contributed by atoms with Crippen LogP contribution in [0.2, 0.25) is 0 Å². The number of carbonyl (C=O) groups excluding carboxylic acids is 1. The Morgan fingerprint density at radius 2 is 1.86 bits per heavy atom. The molecule has 1 unspecified atom stereocenters. The molecule has 2 nitrogen and oxygen atoms in total. The predicted octanol–water partition coefficient (Wildman–Crippen LogP) is 4.07. The van der Waals surface area contributed by atoms with Crippen molar-refractivity contribution in [1.82, 2.24) is 5.32 Å². The Bertz CT molecular complexity index is 682. The zero-order chi connectivity index (χ0) is 15.6. The van der Waals surface area contributed by atoms with Gasteiger partial charge < -0.3 is 5.32 Å². The molecule has 0 saturated carbocycles. The van der Waals surface area contributed by atoms with Crippen LogP contribution >= 0.6 is 0 Å². The van der Waals surface area contributed by atoms with Crippen molar-refractivity contribution in [2.75, 3.05) is 0 Å². The van der Waals surface area contributed by atoms with Gasteiger partial charge in [0.05, 0.1) is 11.6 Å². The van der Waals surface area contributed by atoms with E-state index in [1.165, 1.54) is 12.1 Å². The van der Waals surface area contributed by atoms with Crippen molar-refractivity contribution in [3.8, 4) is 0 Å². The molecule has 0 aliphatic carbocycles. The first-order chi connectivity index (χ1) is 9.90. The topological polar surface area (TPSA) is 29.1 Å². The van der Waals surface area contributed by atoms with E-state index in [1.807, 2.05) is 39.0 Å². The third-order valence-electron chi connectivity index (χ3n) is 3.44. The number of rotatable bonds is 3. The van der Waals surface area contributed by atoms with E-state index >= 15 is 0 Å². The fourth-order valence-electron chi connectivity index (χ4n) is 2.34. The van der Waals surface area contributed by atoms with Crippen LogP contribution in [0.3, 0.4) is 0 Å². The zero-order valence-electron chi connectivity index (χ0n) is 12.2. The molecule has 0 aromatic heterocycles. The highest BCUT2D eigenvalue weighted by atomic mass is 19.2. The molecule has 110 valence electrons. The monoisotopic (exact) mass is 289 g/mol. The summed E-state index contributed by atoms with van der Waals surface area (Å²) in [5, 5.41) is 2.70. The Kier molecular flexibility index (Phi) is 4.36. The Hall–Kier alpha value is -2.23. The molecule has 0 bridgehead atoms. The van der Waals surface area contributed by atoms with Crippen LogP contribution in [0.1, 0.15) is 40.0 Å². The summed E-state index contributed by atoms with van der Waals surface area (Å²) >= 11 is 0. The summed E-state index contributed by atoms with van der Waals surface area (Å²) in [7, 11) is 0. The van der Waals surface area contributed by atoms with Gasteiger partial charge in [-0.15, -0.1) is 0 Å². The summed E-state index contributed by atoms with van der Waals surface area (Å²) in [5.74, 6) is -2.77. The second-order valence-corrected chi connectivity index (χ2v) is 5.16. The van der Waals surface area contributed by atoms with Gasteiger partial charge in [-0.05, 0) is 44.0 Å². The Labute approximate surface area is 122 Å². The number of carbonyl (C=O) groups is 1. The van der Waals surface area contributed by atoms with Crippen molar-refractivity contribution < 1.29 is 13.6 Å². The maximum atomic E-state index is 13.6. The van der Waals surface area contributed by atoms with Gasteiger partial charge in [-0.25, -0.2) is 8.78 Å². The maximum Gasteiger partial charge on any atom is 0.254 e. The standard InChI is InChI=1S/C17H17F2NO/c1-10-7-8-13(11(2)9-10)12(3)20-17(21)14-5-4-6-15(18)16(14)19/h4-9,12H,1-3H3,(H,20,21). The minimum atomic E-state index is -1.12. The van der Waals surface area contributed by atoms with Crippen molar-refractivity contribution >= 4 is 5.91 Å². The van der Waals surface area contributed by atoms with Crippen LogP contribution < -0.4 is 5.32 Å². The number of hydrogen-bond acceptors (Lipinski definition) is 1. The molecule has 1 atom stereocenters. The van der Waals surface area contributed by atoms with E-state index in [2.05, 4.69) is 5.32 Å². The third kappa shape index (κ3) is 3.27. The summed E-state index contributed by atoms with van der Waals surface area (Å²) in [6, 6.07) is 9.17. The van der Waals surface area contributed by atoms with Gasteiger partial charge in [0, 0.05) is 0 Å². The minimum Gasteiger partial charge on any atom is -0.345 e. The predicted molar refractivity (Wildman–Crippen MR) is 78.2 cm³/mol. The number of halogens is 2. The number of nitrogens with one attached hydrogen (secondary N) is 1. The highest BCUT2D eigenvalue weighted by molar-refractivity contribution is 5.94. The molecule has 1 amide bonds. The van der Waals surface area contributed by atoms with E-state index in [1.54, 1.807) is 0 Å². The summed E-state index contributed by atoms with van der Waals surface area (Å²) < 4.78 is 26.8. The second kappa shape index (κ2) is 6.04. The first-order valence-corrected chi connectivity index (χ1v) is 6.72. The van der Waals surface area contributed by atoms with Gasteiger partial charge in [-0.3, -0.25) is 4.79 Å². The van der Waals surface area contributed by atoms with Crippen molar-refractivity contribution in [3.05, 3.63) is 70.3 Å². The lowest BCUT2D eigenvalue weighted by Gasteiger charge is -2.17. The molecule has 0 fully saturated rings. The van der Waals surface area contributed by atoms with Gasteiger partial charge in [0.25, 0.3) is 5.91 Å². The van der Waals surface area contributed by atoms with Gasteiger partial charge in [0.2, 0.25) is 0 Å². The van der Waals surface area contributed by atoms with Crippen LogP contribution in [-0.4, -0.2) is 5.91 Å². The number of benzene rings is 2. The molecule has 4 heteroatoms. The van der Waals surface area contributed by atoms with Crippen LogP contribution in [-0.2, 0) is 0 Å². The van der Waals surface area contributed by atoms with Crippen LogP contribution in [0.25, 0.3) is 0 Å². The average Bonchev–Trinajstić information content (AvgIpc) is 2.41. The molecule has 2 aromatic carbocycles. The summed E-state index contributed by atoms with van der Waals surface area (Å²) in [6.07, 6.45) is 0. The molecule has 0 saturated heterocycles. The largest absolute Gasteiger partial charge is 0.345 e. The lowest BCUT2D eigenvalue weighted by Crippen LogP contribution is -2.28. The SMILES string of the molecule is Cc1ccc(C(C)NC(=O)c2cccc(F)c2F)c(C)c1. The van der Waals surface area contributed by atoms with E-state index in [0.717, 1.165) is 22.8 Å². The van der Waals surface area contributed by atoms with Crippen molar-refractivity contribution in [2.24, 2.45) is 0 Å². The molecule has 2 aromatic rings. The molecular weight excluding hydrogens is 272 g/mol. The van der Waals surface area contributed by atoms with Gasteiger partial charge >= 0.3 is 0 Å². The van der Waals surface area contributed by atoms with E-state index in [-0.39, 0.29) is 11.6 Å². The molecule has 21 heavy (non-hydrogen) atoms. The highest BCUT2D eigenvalue weighted by Gasteiger charge is 2.18. The van der Waals surface area contributed by atoms with Crippen molar-refractivity contribution in [1.29, 1.82) is 0 Å². The lowest BCUT2D eigenvalue weighted by atomic mass is 10.00. The molecule has 0 radical (unpaired) electrons. The first kappa shape index (κ1) is 15.2. The molecule has 0 heterocycles. The Morgan fingerprint density at radius 1 is 1.14 bits per heavy atom. The smallest absolute Gasteiger partial charge is 0.254 e. The quantitative estimate of drug-likeness (QED) is 0.906. The van der Waals surface area contributed by atoms with E-state index in [9.17, 15) is 13.6 Å². The first-order valence-electron chi connectivity index (χ1n) is 6.72. The van der Waals surface area contributed by atoms with Crippen LogP contribution in [0.4, 0.5) is 8.78 Å². The molecule has 0 aliphatic heterocycles. The van der Waals surface area contributed by atoms with Gasteiger partial charge in [0.1, 0.15) is 0 Å². The fraction of sp³-hybridized carbons (Fsp3) is 0.235. The molecular formula is C17H17F2NO. The fourth-order valence-corrected chi connectivity index (χ4v) is 2.34. The van der Waals surface area contributed by atoms with Gasteiger partial charge in [-0.2, -0.15) is 0 Å². The minimum absolute atomic E-state index is 0.286. The number of aryl methyl sites for hydroxylation is 2. The normalized spacial score (nSPS) is 12.0. The summed E-state index contributed by atoms with van der Waals surface area (Å²) in [6.45, 7) is 5.75. The molecule has 0 aliphatic rings. The zero-order valence-corrected chi connectivity index (χ0v) is 12.2. The lowest BCUT2D eigenvalue weighted by molar-refractivity contribution is 0.0934. The van der Waals surface area contributed by atoms with E-state index in [0.29, 0.717) is 0 Å². The molecule has 0 spiro atoms. The van der Waals surface area contributed by atoms with Crippen LogP contribution in [0.5, 0.6) is 0 Å². The van der Waals surface area contributed by atoms with Gasteiger partial charge in [0.15, 0.2) is 11.6 Å². The van der Waals surface area contributed by atoms with Crippen LogP contribution in [0, 0.1) is 25.5 Å².